The number of imidazole rings is 1. The molecule has 0 saturated heterocycles. The molecule has 1 fully saturated rings. The van der Waals surface area contributed by atoms with Gasteiger partial charge in [-0.3, -0.25) is 0 Å². The van der Waals surface area contributed by atoms with Crippen LogP contribution in [0.5, 0.6) is 0 Å². The molecule has 0 N–H and O–H groups in total. The van der Waals surface area contributed by atoms with Crippen LogP contribution in [0.15, 0.2) is 12.1 Å². The number of nitrogens with zero attached hydrogens (tertiary/aromatic N) is 2. The van der Waals surface area contributed by atoms with Gasteiger partial charge in [0.05, 0.1) is 21.9 Å². The third-order valence-corrected chi connectivity index (χ3v) is 5.43. The summed E-state index contributed by atoms with van der Waals surface area (Å²) >= 11 is 11.9. The maximum Gasteiger partial charge on any atom is 0.144 e. The normalized spacial score (nSPS) is 17.7. The molecule has 0 atom stereocenters. The second kappa shape index (κ2) is 5.77. The highest BCUT2D eigenvalue weighted by Gasteiger charge is 2.33. The van der Waals surface area contributed by atoms with Gasteiger partial charge in [0.1, 0.15) is 11.6 Å². The van der Waals surface area contributed by atoms with Gasteiger partial charge in [-0.1, -0.05) is 31.4 Å². The highest BCUT2D eigenvalue weighted by Crippen LogP contribution is 2.43. The lowest BCUT2D eigenvalue weighted by molar-refractivity contribution is 0.238. The van der Waals surface area contributed by atoms with Crippen LogP contribution in [-0.2, 0) is 12.4 Å². The number of hydrogen-bond donors (Lipinski definition) is 0. The van der Waals surface area contributed by atoms with Crippen molar-refractivity contribution in [2.45, 2.75) is 51.5 Å². The average molecular weight is 329 g/mol. The van der Waals surface area contributed by atoms with Crippen LogP contribution >= 0.6 is 23.2 Å². The average Bonchev–Trinajstić information content (AvgIpc) is 3.07. The van der Waals surface area contributed by atoms with E-state index in [2.05, 4.69) is 16.5 Å². The van der Waals surface area contributed by atoms with E-state index in [4.69, 9.17) is 23.2 Å². The molecule has 1 saturated carbocycles. The number of hydrogen-bond acceptors (Lipinski definition) is 1. The van der Waals surface area contributed by atoms with Crippen molar-refractivity contribution in [3.8, 4) is 0 Å². The quantitative estimate of drug-likeness (QED) is 0.674. The Kier molecular flexibility index (Phi) is 4.15. The largest absolute Gasteiger partial charge is 0.326 e. The van der Waals surface area contributed by atoms with E-state index >= 15 is 0 Å². The van der Waals surface area contributed by atoms with Gasteiger partial charge in [-0.05, 0) is 30.7 Å². The molecular weight excluding hydrogens is 310 g/mol. The van der Waals surface area contributed by atoms with Gasteiger partial charge in [0.25, 0.3) is 0 Å². The first-order chi connectivity index (χ1) is 10.1. The smallest absolute Gasteiger partial charge is 0.144 e. The molecule has 5 heteroatoms. The third-order valence-electron chi connectivity index (χ3n) is 4.90. The van der Waals surface area contributed by atoms with Gasteiger partial charge in [0.2, 0.25) is 0 Å². The van der Waals surface area contributed by atoms with Crippen LogP contribution < -0.4 is 0 Å². The summed E-state index contributed by atoms with van der Waals surface area (Å²) in [6.45, 7) is 3.10. The zero-order valence-electron chi connectivity index (χ0n) is 12.1. The second-order valence-electron chi connectivity index (χ2n) is 6.06. The number of rotatable bonds is 4. The molecule has 1 aliphatic carbocycles. The molecule has 3 rings (SSSR count). The lowest BCUT2D eigenvalue weighted by Gasteiger charge is -2.29. The van der Waals surface area contributed by atoms with Crippen molar-refractivity contribution in [2.75, 3.05) is 0 Å². The van der Waals surface area contributed by atoms with Crippen molar-refractivity contribution >= 4 is 34.2 Å². The molecule has 2 aromatic rings. The van der Waals surface area contributed by atoms with Crippen molar-refractivity contribution in [3.63, 3.8) is 0 Å². The number of benzene rings is 1. The molecule has 1 heterocycles. The van der Waals surface area contributed by atoms with Gasteiger partial charge in [-0.2, -0.15) is 0 Å². The van der Waals surface area contributed by atoms with E-state index in [-0.39, 0.29) is 5.02 Å². The minimum Gasteiger partial charge on any atom is -0.326 e. The first-order valence-corrected chi connectivity index (χ1v) is 8.40. The Morgan fingerprint density at radius 1 is 1.33 bits per heavy atom. The Balaban J connectivity index is 2.09. The maximum atomic E-state index is 13.8. The van der Waals surface area contributed by atoms with E-state index in [1.165, 1.54) is 31.7 Å². The minimum absolute atomic E-state index is 0.111. The molecule has 0 bridgehead atoms. The molecule has 0 amide bonds. The first-order valence-electron chi connectivity index (χ1n) is 7.49. The monoisotopic (exact) mass is 328 g/mol. The van der Waals surface area contributed by atoms with Crippen molar-refractivity contribution in [3.05, 3.63) is 28.8 Å². The van der Waals surface area contributed by atoms with Gasteiger partial charge >= 0.3 is 0 Å². The fourth-order valence-corrected chi connectivity index (χ4v) is 3.89. The van der Waals surface area contributed by atoms with Gasteiger partial charge in [0, 0.05) is 12.6 Å². The summed E-state index contributed by atoms with van der Waals surface area (Å²) in [6.07, 6.45) is 6.13. The third kappa shape index (κ3) is 2.66. The van der Waals surface area contributed by atoms with Crippen LogP contribution in [-0.4, -0.2) is 9.55 Å². The summed E-state index contributed by atoms with van der Waals surface area (Å²) in [6, 6.07) is 3.07. The molecule has 21 heavy (non-hydrogen) atoms. The Labute approximate surface area is 134 Å². The van der Waals surface area contributed by atoms with E-state index in [1.54, 1.807) is 6.07 Å². The Hall–Kier alpha value is -0.800. The molecule has 114 valence electrons. The summed E-state index contributed by atoms with van der Waals surface area (Å²) < 4.78 is 15.9. The van der Waals surface area contributed by atoms with Gasteiger partial charge < -0.3 is 4.57 Å². The van der Waals surface area contributed by atoms with E-state index in [1.807, 2.05) is 0 Å². The summed E-state index contributed by atoms with van der Waals surface area (Å²) in [5.74, 6) is 0.727. The predicted molar refractivity (Wildman–Crippen MR) is 85.5 cm³/mol. The van der Waals surface area contributed by atoms with Gasteiger partial charge in [0.15, 0.2) is 0 Å². The molecule has 1 aromatic heterocycles. The molecule has 1 aliphatic rings. The lowest BCUT2D eigenvalue weighted by atomic mass is 9.83. The topological polar surface area (TPSA) is 17.8 Å². The van der Waals surface area contributed by atoms with Crippen molar-refractivity contribution < 1.29 is 4.39 Å². The van der Waals surface area contributed by atoms with E-state index in [0.29, 0.717) is 11.3 Å². The molecule has 0 spiro atoms. The minimum atomic E-state index is -0.400. The Morgan fingerprint density at radius 3 is 2.67 bits per heavy atom. The van der Waals surface area contributed by atoms with Crippen LogP contribution in [0, 0.1) is 11.2 Å². The fraction of sp³-hybridized carbons (Fsp3) is 0.562. The highest BCUT2D eigenvalue weighted by atomic mass is 35.5. The van der Waals surface area contributed by atoms with Crippen LogP contribution in [0.2, 0.25) is 5.02 Å². The predicted octanol–water partition coefficient (Wildman–Crippen LogP) is 5.54. The number of alkyl halides is 1. The maximum absolute atomic E-state index is 13.8. The molecule has 0 aliphatic heterocycles. The first kappa shape index (κ1) is 15.1. The second-order valence-corrected chi connectivity index (χ2v) is 6.74. The number of fused-ring (bicyclic) bond motifs is 1. The Bertz CT molecular complexity index is 660. The Morgan fingerprint density at radius 2 is 2.05 bits per heavy atom. The zero-order valence-corrected chi connectivity index (χ0v) is 13.6. The SMILES string of the molecule is CCC1(Cn2c(CCl)nc3cc(Cl)c(F)cc32)CCCC1. The summed E-state index contributed by atoms with van der Waals surface area (Å²) in [7, 11) is 0. The van der Waals surface area contributed by atoms with Crippen LogP contribution in [0.25, 0.3) is 11.0 Å². The molecular formula is C16H19Cl2FN2. The molecule has 0 unspecified atom stereocenters. The van der Waals surface area contributed by atoms with E-state index < -0.39 is 5.82 Å². The van der Waals surface area contributed by atoms with Crippen LogP contribution in [0.3, 0.4) is 0 Å². The zero-order chi connectivity index (χ0) is 15.0. The van der Waals surface area contributed by atoms with Crippen molar-refractivity contribution in [1.82, 2.24) is 9.55 Å². The van der Waals surface area contributed by atoms with Crippen molar-refractivity contribution in [2.24, 2.45) is 5.41 Å². The standard InChI is InChI=1S/C16H19Cl2FN2/c1-2-16(5-3-4-6-16)10-21-14-8-12(19)11(18)7-13(14)20-15(21)9-17/h7-8H,2-6,9-10H2,1H3. The summed E-state index contributed by atoms with van der Waals surface area (Å²) in [5.41, 5.74) is 1.82. The molecule has 0 radical (unpaired) electrons. The molecule has 2 nitrogen and oxygen atoms in total. The number of aromatic nitrogens is 2. The summed E-state index contributed by atoms with van der Waals surface area (Å²) in [5, 5.41) is 0.111. The fourth-order valence-electron chi connectivity index (χ4n) is 3.53. The van der Waals surface area contributed by atoms with Crippen molar-refractivity contribution in [1.29, 1.82) is 0 Å². The van der Waals surface area contributed by atoms with E-state index in [9.17, 15) is 4.39 Å². The lowest BCUT2D eigenvalue weighted by Crippen LogP contribution is -2.23. The summed E-state index contributed by atoms with van der Waals surface area (Å²) in [4.78, 5) is 4.52. The molecule has 1 aromatic carbocycles. The van der Waals surface area contributed by atoms with Crippen LogP contribution in [0.1, 0.15) is 44.9 Å². The van der Waals surface area contributed by atoms with Gasteiger partial charge in [-0.25, -0.2) is 9.37 Å². The van der Waals surface area contributed by atoms with Crippen LogP contribution in [0.4, 0.5) is 4.39 Å². The van der Waals surface area contributed by atoms with E-state index in [0.717, 1.165) is 29.8 Å². The van der Waals surface area contributed by atoms with Gasteiger partial charge in [-0.15, -0.1) is 11.6 Å². The highest BCUT2D eigenvalue weighted by molar-refractivity contribution is 6.31. The number of halogens is 3.